The first-order valence-corrected chi connectivity index (χ1v) is 14.3. The summed E-state index contributed by atoms with van der Waals surface area (Å²) in [5.41, 5.74) is 0. The Hall–Kier alpha value is -0.570. The topological polar surface area (TPSA) is 20.3 Å². The minimum atomic E-state index is 0.350. The number of unbranched alkanes of at least 4 members (excludes halogenated alkanes) is 13. The van der Waals surface area contributed by atoms with Crippen molar-refractivity contribution < 1.29 is 4.79 Å². The molecule has 0 bridgehead atoms. The predicted molar refractivity (Wildman–Crippen MR) is 141 cm³/mol. The molecule has 1 fully saturated rings. The number of carbonyl (C=O) groups is 1. The number of hydrogen-bond donors (Lipinski definition) is 0. The summed E-state index contributed by atoms with van der Waals surface area (Å²) in [6.07, 6.45) is 32.5. The highest BCUT2D eigenvalue weighted by Crippen LogP contribution is 2.17. The van der Waals surface area contributed by atoms with Crippen LogP contribution in [0.4, 0.5) is 0 Å². The maximum Gasteiger partial charge on any atom is 0.222 e. The summed E-state index contributed by atoms with van der Waals surface area (Å²) in [5.74, 6) is 0.350. The minimum absolute atomic E-state index is 0.350. The van der Waals surface area contributed by atoms with Crippen molar-refractivity contribution in [2.75, 3.05) is 13.1 Å². The predicted octanol–water partition coefficient (Wildman–Crippen LogP) is 9.49. The number of halogens is 1. The van der Waals surface area contributed by atoms with Crippen LogP contribution in [0.25, 0.3) is 0 Å². The highest BCUT2D eigenvalue weighted by atomic mass is 79.9. The maximum atomic E-state index is 12.0. The van der Waals surface area contributed by atoms with E-state index in [1.165, 1.54) is 101 Å². The molecule has 0 aromatic heterocycles. The van der Waals surface area contributed by atoms with Gasteiger partial charge < -0.3 is 4.90 Å². The highest BCUT2D eigenvalue weighted by molar-refractivity contribution is 9.11. The van der Waals surface area contributed by atoms with E-state index < -0.39 is 0 Å². The Kier molecular flexibility index (Phi) is 19.5. The molecule has 0 aliphatic carbocycles. The zero-order valence-corrected chi connectivity index (χ0v) is 22.1. The van der Waals surface area contributed by atoms with Crippen LogP contribution in [0, 0.1) is 0 Å². The van der Waals surface area contributed by atoms with Gasteiger partial charge >= 0.3 is 0 Å². The molecule has 1 amide bonds. The molecule has 1 aliphatic rings. The van der Waals surface area contributed by atoms with Crippen LogP contribution in [0.2, 0.25) is 0 Å². The summed E-state index contributed by atoms with van der Waals surface area (Å²) in [6, 6.07) is 0. The van der Waals surface area contributed by atoms with Crippen molar-refractivity contribution >= 4 is 21.8 Å². The van der Waals surface area contributed by atoms with Crippen molar-refractivity contribution in [2.45, 2.75) is 135 Å². The van der Waals surface area contributed by atoms with E-state index >= 15 is 0 Å². The molecule has 31 heavy (non-hydrogen) atoms. The molecular formula is C28H50BrNO. The molecule has 0 aromatic rings. The lowest BCUT2D eigenvalue weighted by molar-refractivity contribution is -0.130. The third-order valence-electron chi connectivity index (χ3n) is 6.36. The summed E-state index contributed by atoms with van der Waals surface area (Å²) in [7, 11) is 0. The van der Waals surface area contributed by atoms with E-state index in [4.69, 9.17) is 0 Å². The van der Waals surface area contributed by atoms with Crippen molar-refractivity contribution in [3.8, 4) is 0 Å². The number of rotatable bonds is 20. The van der Waals surface area contributed by atoms with Crippen molar-refractivity contribution in [1.82, 2.24) is 4.90 Å². The van der Waals surface area contributed by atoms with Crippen molar-refractivity contribution in [1.29, 1.82) is 0 Å². The Balaban J connectivity index is 1.83. The van der Waals surface area contributed by atoms with Gasteiger partial charge in [-0.1, -0.05) is 112 Å². The Labute approximate surface area is 202 Å². The quantitative estimate of drug-likeness (QED) is 0.121. The van der Waals surface area contributed by atoms with Crippen LogP contribution < -0.4 is 0 Å². The fraction of sp³-hybridized carbons (Fsp3) is 0.821. The smallest absolute Gasteiger partial charge is 0.222 e. The monoisotopic (exact) mass is 495 g/mol. The van der Waals surface area contributed by atoms with Crippen LogP contribution in [0.3, 0.4) is 0 Å². The zero-order chi connectivity index (χ0) is 22.4. The number of allylic oxidation sites excluding steroid dienone is 4. The summed E-state index contributed by atoms with van der Waals surface area (Å²) in [4.78, 5) is 14.0. The maximum absolute atomic E-state index is 12.0. The molecule has 1 aliphatic heterocycles. The third-order valence-corrected chi connectivity index (χ3v) is 7.08. The Morgan fingerprint density at radius 2 is 1.26 bits per heavy atom. The lowest BCUT2D eigenvalue weighted by Crippen LogP contribution is -2.27. The van der Waals surface area contributed by atoms with Gasteiger partial charge in [0.25, 0.3) is 0 Å². The Bertz CT molecular complexity index is 479. The Morgan fingerprint density at radius 3 is 1.87 bits per heavy atom. The van der Waals surface area contributed by atoms with Gasteiger partial charge in [-0.15, -0.1) is 0 Å². The van der Waals surface area contributed by atoms with Crippen LogP contribution >= 0.6 is 15.9 Å². The average Bonchev–Trinajstić information content (AvgIpc) is 3.31. The third kappa shape index (κ3) is 17.6. The lowest BCUT2D eigenvalue weighted by atomic mass is 10.0. The Morgan fingerprint density at radius 1 is 0.710 bits per heavy atom. The number of amides is 1. The molecule has 2 nitrogen and oxygen atoms in total. The molecule has 0 unspecified atom stereocenters. The van der Waals surface area contributed by atoms with Crippen LogP contribution in [0.5, 0.6) is 0 Å². The van der Waals surface area contributed by atoms with Crippen molar-refractivity contribution in [3.63, 3.8) is 0 Å². The number of hydrogen-bond acceptors (Lipinski definition) is 1. The highest BCUT2D eigenvalue weighted by Gasteiger charge is 2.16. The molecule has 1 heterocycles. The second-order valence-electron chi connectivity index (χ2n) is 9.32. The molecular weight excluding hydrogens is 446 g/mol. The lowest BCUT2D eigenvalue weighted by Gasteiger charge is -2.14. The van der Waals surface area contributed by atoms with E-state index in [-0.39, 0.29) is 0 Å². The van der Waals surface area contributed by atoms with Crippen LogP contribution in [0.1, 0.15) is 135 Å². The van der Waals surface area contributed by atoms with Gasteiger partial charge in [0.15, 0.2) is 0 Å². The molecule has 0 N–H and O–H groups in total. The van der Waals surface area contributed by atoms with E-state index in [1.807, 2.05) is 4.90 Å². The van der Waals surface area contributed by atoms with Gasteiger partial charge in [0.05, 0.1) is 0 Å². The van der Waals surface area contributed by atoms with Gasteiger partial charge in [-0.25, -0.2) is 0 Å². The molecule has 0 radical (unpaired) electrons. The number of carbonyl (C=O) groups excluding carboxylic acids is 1. The normalized spacial score (nSPS) is 14.8. The first-order valence-electron chi connectivity index (χ1n) is 13.5. The first kappa shape index (κ1) is 28.5. The van der Waals surface area contributed by atoms with Crippen molar-refractivity contribution in [2.24, 2.45) is 0 Å². The molecule has 1 saturated heterocycles. The summed E-state index contributed by atoms with van der Waals surface area (Å²) < 4.78 is 1.29. The van der Waals surface area contributed by atoms with E-state index in [1.54, 1.807) is 0 Å². The van der Waals surface area contributed by atoms with E-state index in [2.05, 4.69) is 41.1 Å². The zero-order valence-electron chi connectivity index (χ0n) is 20.5. The molecule has 0 aromatic carbocycles. The number of nitrogens with zero attached hydrogens (tertiary/aromatic N) is 1. The van der Waals surface area contributed by atoms with Crippen LogP contribution in [-0.4, -0.2) is 23.9 Å². The second kappa shape index (κ2) is 21.3. The van der Waals surface area contributed by atoms with Crippen LogP contribution in [0.15, 0.2) is 22.7 Å². The fourth-order valence-electron chi connectivity index (χ4n) is 4.30. The van der Waals surface area contributed by atoms with E-state index in [0.29, 0.717) is 12.3 Å². The van der Waals surface area contributed by atoms with Gasteiger partial charge in [0.1, 0.15) is 0 Å². The molecule has 0 saturated carbocycles. The van der Waals surface area contributed by atoms with E-state index in [0.717, 1.165) is 38.8 Å². The molecule has 0 spiro atoms. The minimum Gasteiger partial charge on any atom is -0.343 e. The largest absolute Gasteiger partial charge is 0.343 e. The average molecular weight is 497 g/mol. The molecule has 1 rings (SSSR count). The summed E-state index contributed by atoms with van der Waals surface area (Å²) in [5, 5.41) is 0. The van der Waals surface area contributed by atoms with Crippen molar-refractivity contribution in [3.05, 3.63) is 22.7 Å². The molecule has 0 atom stereocenters. The number of likely N-dealkylation sites (tertiary alicyclic amines) is 1. The fourth-order valence-corrected chi connectivity index (χ4v) is 4.76. The first-order chi connectivity index (χ1) is 15.2. The standard InChI is InChI=1S/C28H50BrNO/c1-2-3-4-5-6-7-8-9-10-11-12-13-14-15-16-17-22-27(29)23-18-19-24-28(31)30-25-20-21-26-30/h15-16,23H,2-14,17-22,24-26H2,1H3/b16-15-,27-23+. The van der Waals surface area contributed by atoms with Gasteiger partial charge in [-0.2, -0.15) is 0 Å². The van der Waals surface area contributed by atoms with Gasteiger partial charge in [-0.05, 0) is 55.8 Å². The summed E-state index contributed by atoms with van der Waals surface area (Å²) in [6.45, 7) is 4.24. The van der Waals surface area contributed by atoms with Crippen LogP contribution in [-0.2, 0) is 4.79 Å². The van der Waals surface area contributed by atoms with Gasteiger partial charge in [-0.3, -0.25) is 4.79 Å². The SMILES string of the molecule is CCCCCCCCCCCCCC/C=C\CC/C(Br)=C\CCCC(=O)N1CCCC1. The second-order valence-corrected chi connectivity index (χ2v) is 10.3. The molecule has 3 heteroatoms. The van der Waals surface area contributed by atoms with Gasteiger partial charge in [0, 0.05) is 19.5 Å². The van der Waals surface area contributed by atoms with Gasteiger partial charge in [0.2, 0.25) is 5.91 Å². The summed E-state index contributed by atoms with van der Waals surface area (Å²) >= 11 is 3.69. The van der Waals surface area contributed by atoms with E-state index in [9.17, 15) is 4.79 Å². The molecule has 180 valence electrons.